The molecule has 0 spiro atoms. The lowest BCUT2D eigenvalue weighted by molar-refractivity contribution is 0.195. The van der Waals surface area contributed by atoms with Gasteiger partial charge in [-0.05, 0) is 45.1 Å². The maximum atomic E-state index is 6.32. The first-order valence-electron chi connectivity index (χ1n) is 8.53. The number of halogens is 1. The van der Waals surface area contributed by atoms with E-state index in [2.05, 4.69) is 57.8 Å². The van der Waals surface area contributed by atoms with Crippen LogP contribution in [0.15, 0.2) is 24.3 Å². The monoisotopic (exact) mass is 347 g/mol. The average molecular weight is 348 g/mol. The van der Waals surface area contributed by atoms with Gasteiger partial charge >= 0.3 is 0 Å². The smallest absolute Gasteiger partial charge is 0.146 e. The lowest BCUT2D eigenvalue weighted by Crippen LogP contribution is -2.35. The molecule has 2 aromatic rings. The zero-order valence-corrected chi connectivity index (χ0v) is 15.5. The van der Waals surface area contributed by atoms with Crippen LogP contribution in [0.2, 0.25) is 5.02 Å². The third-order valence-electron chi connectivity index (χ3n) is 4.68. The van der Waals surface area contributed by atoms with E-state index in [1.807, 2.05) is 12.1 Å². The van der Waals surface area contributed by atoms with E-state index in [1.165, 1.54) is 18.4 Å². The van der Waals surface area contributed by atoms with E-state index in [1.54, 1.807) is 0 Å². The predicted octanol–water partition coefficient (Wildman–Crippen LogP) is 2.91. The minimum absolute atomic E-state index is 0.439. The molecule has 2 heterocycles. The highest BCUT2D eigenvalue weighted by atomic mass is 35.5. The van der Waals surface area contributed by atoms with Crippen LogP contribution in [0.3, 0.4) is 0 Å². The number of likely N-dealkylation sites (tertiary alicyclic amines) is 1. The van der Waals surface area contributed by atoms with Gasteiger partial charge in [-0.1, -0.05) is 29.8 Å². The van der Waals surface area contributed by atoms with Gasteiger partial charge in [0, 0.05) is 31.1 Å². The van der Waals surface area contributed by atoms with Crippen LogP contribution in [0.25, 0.3) is 0 Å². The first-order chi connectivity index (χ1) is 11.5. The Bertz CT molecular complexity index is 682. The largest absolute Gasteiger partial charge is 0.317 e. The summed E-state index contributed by atoms with van der Waals surface area (Å²) < 4.78 is 2.17. The van der Waals surface area contributed by atoms with Crippen LogP contribution in [0, 0.1) is 0 Å². The second kappa shape index (κ2) is 7.64. The van der Waals surface area contributed by atoms with Gasteiger partial charge < -0.3 is 9.47 Å². The van der Waals surface area contributed by atoms with Gasteiger partial charge in [-0.2, -0.15) is 0 Å². The lowest BCUT2D eigenvalue weighted by Gasteiger charge is -2.32. The zero-order valence-electron chi connectivity index (χ0n) is 14.7. The number of nitrogens with zero attached hydrogens (tertiary/aromatic N) is 5. The number of hydrogen-bond acceptors (Lipinski definition) is 4. The molecule has 6 heteroatoms. The van der Waals surface area contributed by atoms with Crippen molar-refractivity contribution < 1.29 is 0 Å². The SMILES string of the molecule is CN(C)Cc1nnc(C2CCCN(Cc3ccccc3Cl)C2)n1C. The molecular weight excluding hydrogens is 322 g/mol. The van der Waals surface area contributed by atoms with Gasteiger partial charge in [-0.15, -0.1) is 10.2 Å². The van der Waals surface area contributed by atoms with Gasteiger partial charge in [0.15, 0.2) is 0 Å². The molecule has 1 aliphatic heterocycles. The number of aromatic nitrogens is 3. The Kier molecular flexibility index (Phi) is 5.54. The highest BCUT2D eigenvalue weighted by molar-refractivity contribution is 6.31. The van der Waals surface area contributed by atoms with Gasteiger partial charge in [-0.3, -0.25) is 4.90 Å². The van der Waals surface area contributed by atoms with E-state index < -0.39 is 0 Å². The van der Waals surface area contributed by atoms with Gasteiger partial charge in [0.25, 0.3) is 0 Å². The molecule has 1 atom stereocenters. The number of benzene rings is 1. The fourth-order valence-electron chi connectivity index (χ4n) is 3.43. The van der Waals surface area contributed by atoms with Gasteiger partial charge in [-0.25, -0.2) is 0 Å². The maximum Gasteiger partial charge on any atom is 0.146 e. The molecule has 24 heavy (non-hydrogen) atoms. The number of rotatable bonds is 5. The molecular formula is C18H26ClN5. The van der Waals surface area contributed by atoms with E-state index in [4.69, 9.17) is 11.6 Å². The Balaban J connectivity index is 1.70. The molecule has 130 valence electrons. The van der Waals surface area contributed by atoms with Crippen LogP contribution < -0.4 is 0 Å². The van der Waals surface area contributed by atoms with Crippen LogP contribution in [-0.2, 0) is 20.1 Å². The zero-order chi connectivity index (χ0) is 17.1. The van der Waals surface area contributed by atoms with Gasteiger partial charge in [0.1, 0.15) is 11.6 Å². The molecule has 1 aliphatic rings. The summed E-state index contributed by atoms with van der Waals surface area (Å²) in [6, 6.07) is 8.12. The summed E-state index contributed by atoms with van der Waals surface area (Å²) in [5.41, 5.74) is 1.20. The van der Waals surface area contributed by atoms with Crippen molar-refractivity contribution in [1.82, 2.24) is 24.6 Å². The third-order valence-corrected chi connectivity index (χ3v) is 5.05. The minimum Gasteiger partial charge on any atom is -0.317 e. The Labute approximate surface area is 149 Å². The molecule has 0 N–H and O–H groups in total. The molecule has 0 bridgehead atoms. The molecule has 0 saturated carbocycles. The lowest BCUT2D eigenvalue weighted by atomic mass is 9.96. The second-order valence-corrected chi connectivity index (χ2v) is 7.34. The number of hydrogen-bond donors (Lipinski definition) is 0. The Morgan fingerprint density at radius 3 is 2.79 bits per heavy atom. The molecule has 0 radical (unpaired) electrons. The topological polar surface area (TPSA) is 37.2 Å². The van der Waals surface area contributed by atoms with Crippen LogP contribution in [0.5, 0.6) is 0 Å². The minimum atomic E-state index is 0.439. The predicted molar refractivity (Wildman–Crippen MR) is 97.1 cm³/mol. The van der Waals surface area contributed by atoms with Crippen molar-refractivity contribution in [3.05, 3.63) is 46.5 Å². The normalized spacial score (nSPS) is 19.1. The van der Waals surface area contributed by atoms with Crippen molar-refractivity contribution in [3.63, 3.8) is 0 Å². The third kappa shape index (κ3) is 3.97. The fraction of sp³-hybridized carbons (Fsp3) is 0.556. The summed E-state index contributed by atoms with van der Waals surface area (Å²) >= 11 is 6.32. The average Bonchev–Trinajstić information content (AvgIpc) is 2.90. The van der Waals surface area contributed by atoms with E-state index >= 15 is 0 Å². The van der Waals surface area contributed by atoms with Crippen LogP contribution in [0.4, 0.5) is 0 Å². The molecule has 1 unspecified atom stereocenters. The van der Waals surface area contributed by atoms with E-state index in [-0.39, 0.29) is 0 Å². The van der Waals surface area contributed by atoms with Crippen molar-refractivity contribution in [2.24, 2.45) is 7.05 Å². The fourth-order valence-corrected chi connectivity index (χ4v) is 3.62. The molecule has 3 rings (SSSR count). The summed E-state index contributed by atoms with van der Waals surface area (Å²) in [5, 5.41) is 9.72. The Hall–Kier alpha value is -1.43. The molecule has 0 amide bonds. The molecule has 1 aromatic heterocycles. The van der Waals surface area contributed by atoms with Crippen molar-refractivity contribution in [2.75, 3.05) is 27.2 Å². The van der Waals surface area contributed by atoms with Crippen molar-refractivity contribution in [2.45, 2.75) is 31.8 Å². The van der Waals surface area contributed by atoms with E-state index in [9.17, 15) is 0 Å². The Morgan fingerprint density at radius 1 is 1.25 bits per heavy atom. The molecule has 5 nitrogen and oxygen atoms in total. The highest BCUT2D eigenvalue weighted by Crippen LogP contribution is 2.28. The van der Waals surface area contributed by atoms with Crippen LogP contribution in [-0.4, -0.2) is 51.7 Å². The van der Waals surface area contributed by atoms with Crippen molar-refractivity contribution >= 4 is 11.6 Å². The van der Waals surface area contributed by atoms with E-state index in [0.29, 0.717) is 5.92 Å². The summed E-state index contributed by atoms with van der Waals surface area (Å²) in [7, 11) is 6.20. The molecule has 1 aromatic carbocycles. The molecule has 1 saturated heterocycles. The second-order valence-electron chi connectivity index (χ2n) is 6.94. The summed E-state index contributed by atoms with van der Waals surface area (Å²) in [4.78, 5) is 4.61. The van der Waals surface area contributed by atoms with Gasteiger partial charge in [0.05, 0.1) is 6.54 Å². The van der Waals surface area contributed by atoms with Crippen molar-refractivity contribution in [1.29, 1.82) is 0 Å². The van der Waals surface area contributed by atoms with Crippen LogP contribution >= 0.6 is 11.6 Å². The summed E-state index contributed by atoms with van der Waals surface area (Å²) in [6.45, 7) is 3.85. The highest BCUT2D eigenvalue weighted by Gasteiger charge is 2.26. The Morgan fingerprint density at radius 2 is 2.04 bits per heavy atom. The summed E-state index contributed by atoms with van der Waals surface area (Å²) in [6.07, 6.45) is 2.36. The standard InChI is InChI=1S/C18H26ClN5/c1-22(2)13-17-20-21-18(23(17)3)15-8-6-10-24(12-15)11-14-7-4-5-9-16(14)19/h4-5,7,9,15H,6,8,10-13H2,1-3H3. The number of piperidine rings is 1. The quantitative estimate of drug-likeness (QED) is 0.833. The first kappa shape index (κ1) is 17.4. The maximum absolute atomic E-state index is 6.32. The van der Waals surface area contributed by atoms with Crippen molar-refractivity contribution in [3.8, 4) is 0 Å². The molecule has 0 aliphatic carbocycles. The van der Waals surface area contributed by atoms with Gasteiger partial charge in [0.2, 0.25) is 0 Å². The molecule has 1 fully saturated rings. The van der Waals surface area contributed by atoms with Crippen LogP contribution in [0.1, 0.15) is 36.0 Å². The first-order valence-corrected chi connectivity index (χ1v) is 8.91. The van der Waals surface area contributed by atoms with E-state index in [0.717, 1.165) is 42.9 Å². The summed E-state index contributed by atoms with van der Waals surface area (Å²) in [5.74, 6) is 2.57.